The van der Waals surface area contributed by atoms with Gasteiger partial charge in [-0.1, -0.05) is 43.3 Å². The SMILES string of the molecule is Cc1ccc(-n2cnnc2SC(C)C(=O)NC(=O)NCC(C)C)cc1Cl. The largest absolute Gasteiger partial charge is 0.338 e. The summed E-state index contributed by atoms with van der Waals surface area (Å²) in [6.07, 6.45) is 1.56. The second-order valence-electron chi connectivity index (χ2n) is 6.27. The molecule has 140 valence electrons. The van der Waals surface area contributed by atoms with Crippen molar-refractivity contribution in [2.45, 2.75) is 38.1 Å². The summed E-state index contributed by atoms with van der Waals surface area (Å²) in [6.45, 7) is 8.08. The van der Waals surface area contributed by atoms with E-state index in [1.807, 2.05) is 39.0 Å². The van der Waals surface area contributed by atoms with Crippen LogP contribution in [0, 0.1) is 12.8 Å². The van der Waals surface area contributed by atoms with E-state index in [-0.39, 0.29) is 0 Å². The van der Waals surface area contributed by atoms with Crippen LogP contribution in [0.5, 0.6) is 0 Å². The summed E-state index contributed by atoms with van der Waals surface area (Å²) in [4.78, 5) is 23.9. The summed E-state index contributed by atoms with van der Waals surface area (Å²) in [6, 6.07) is 5.12. The third-order valence-electron chi connectivity index (χ3n) is 3.51. The van der Waals surface area contributed by atoms with Crippen molar-refractivity contribution in [1.29, 1.82) is 0 Å². The Morgan fingerprint density at radius 3 is 2.69 bits per heavy atom. The number of halogens is 1. The van der Waals surface area contributed by atoms with Crippen LogP contribution in [0.3, 0.4) is 0 Å². The highest BCUT2D eigenvalue weighted by molar-refractivity contribution is 8.00. The molecule has 0 radical (unpaired) electrons. The molecule has 26 heavy (non-hydrogen) atoms. The molecule has 1 atom stereocenters. The van der Waals surface area contributed by atoms with Crippen molar-refractivity contribution in [3.63, 3.8) is 0 Å². The summed E-state index contributed by atoms with van der Waals surface area (Å²) in [5, 5.41) is 13.6. The lowest BCUT2D eigenvalue weighted by Gasteiger charge is -2.13. The van der Waals surface area contributed by atoms with E-state index < -0.39 is 17.2 Å². The van der Waals surface area contributed by atoms with Crippen molar-refractivity contribution in [1.82, 2.24) is 25.4 Å². The maximum Gasteiger partial charge on any atom is 0.321 e. The zero-order valence-corrected chi connectivity index (χ0v) is 16.7. The molecule has 3 amide bonds. The fourth-order valence-electron chi connectivity index (χ4n) is 1.98. The van der Waals surface area contributed by atoms with Crippen LogP contribution >= 0.6 is 23.4 Å². The molecule has 0 saturated heterocycles. The number of hydrogen-bond donors (Lipinski definition) is 2. The summed E-state index contributed by atoms with van der Waals surface area (Å²) in [5.74, 6) is -0.0877. The molecule has 1 aromatic carbocycles. The van der Waals surface area contributed by atoms with Crippen LogP contribution in [0.25, 0.3) is 5.69 Å². The van der Waals surface area contributed by atoms with Gasteiger partial charge in [-0.2, -0.15) is 0 Å². The van der Waals surface area contributed by atoms with Crippen molar-refractivity contribution in [3.8, 4) is 5.69 Å². The van der Waals surface area contributed by atoms with Gasteiger partial charge in [0.2, 0.25) is 5.91 Å². The van der Waals surface area contributed by atoms with E-state index >= 15 is 0 Å². The Balaban J connectivity index is 2.02. The van der Waals surface area contributed by atoms with Crippen molar-refractivity contribution >= 4 is 35.3 Å². The number of aryl methyl sites for hydroxylation is 1. The fourth-order valence-corrected chi connectivity index (χ4v) is 3.00. The number of thioether (sulfide) groups is 1. The lowest BCUT2D eigenvalue weighted by molar-refractivity contribution is -0.119. The van der Waals surface area contributed by atoms with Crippen LogP contribution in [0.4, 0.5) is 4.79 Å². The number of amides is 3. The molecule has 0 bridgehead atoms. The van der Waals surface area contributed by atoms with Gasteiger partial charge in [-0.05, 0) is 37.5 Å². The number of imide groups is 1. The summed E-state index contributed by atoms with van der Waals surface area (Å²) >= 11 is 7.39. The minimum atomic E-state index is -0.524. The van der Waals surface area contributed by atoms with Gasteiger partial charge < -0.3 is 5.32 Å². The predicted octanol–water partition coefficient (Wildman–Crippen LogP) is 3.19. The standard InChI is InChI=1S/C17H22ClN5O2S/c1-10(2)8-19-16(25)21-15(24)12(4)26-17-22-20-9-23(17)13-6-5-11(3)14(18)7-13/h5-7,9-10,12H,8H2,1-4H3,(H2,19,21,24,25). The van der Waals surface area contributed by atoms with Crippen LogP contribution in [0.1, 0.15) is 26.3 Å². The number of nitrogens with one attached hydrogen (secondary N) is 2. The van der Waals surface area contributed by atoms with Gasteiger partial charge in [-0.3, -0.25) is 14.7 Å². The molecule has 1 aromatic heterocycles. The average Bonchev–Trinajstić information content (AvgIpc) is 3.03. The minimum absolute atomic E-state index is 0.308. The number of aromatic nitrogens is 3. The number of carbonyl (C=O) groups excluding carboxylic acids is 2. The number of urea groups is 1. The van der Waals surface area contributed by atoms with Gasteiger partial charge >= 0.3 is 6.03 Å². The molecule has 2 rings (SSSR count). The predicted molar refractivity (Wildman–Crippen MR) is 103 cm³/mol. The van der Waals surface area contributed by atoms with Gasteiger partial charge in [0.25, 0.3) is 0 Å². The van der Waals surface area contributed by atoms with Gasteiger partial charge in [0, 0.05) is 11.6 Å². The topological polar surface area (TPSA) is 88.9 Å². The third kappa shape index (κ3) is 5.47. The maximum absolute atomic E-state index is 12.2. The van der Waals surface area contributed by atoms with E-state index in [1.165, 1.54) is 11.8 Å². The van der Waals surface area contributed by atoms with Crippen LogP contribution in [0.2, 0.25) is 5.02 Å². The first-order chi connectivity index (χ1) is 12.3. The maximum atomic E-state index is 12.2. The van der Waals surface area contributed by atoms with Crippen LogP contribution in [-0.2, 0) is 4.79 Å². The van der Waals surface area contributed by atoms with Gasteiger partial charge in [-0.15, -0.1) is 10.2 Å². The lowest BCUT2D eigenvalue weighted by atomic mass is 10.2. The lowest BCUT2D eigenvalue weighted by Crippen LogP contribution is -2.43. The monoisotopic (exact) mass is 395 g/mol. The van der Waals surface area contributed by atoms with E-state index in [2.05, 4.69) is 20.8 Å². The molecule has 0 spiro atoms. The average molecular weight is 396 g/mol. The molecule has 7 nitrogen and oxygen atoms in total. The first kappa shape index (κ1) is 20.3. The smallest absolute Gasteiger partial charge is 0.321 e. The number of benzene rings is 1. The van der Waals surface area contributed by atoms with Gasteiger partial charge in [0.15, 0.2) is 5.16 Å². The number of hydrogen-bond acceptors (Lipinski definition) is 5. The minimum Gasteiger partial charge on any atom is -0.338 e. The Morgan fingerprint density at radius 2 is 2.04 bits per heavy atom. The molecule has 0 fully saturated rings. The van der Waals surface area contributed by atoms with Crippen molar-refractivity contribution in [3.05, 3.63) is 35.1 Å². The van der Waals surface area contributed by atoms with E-state index in [0.29, 0.717) is 22.6 Å². The van der Waals surface area contributed by atoms with Gasteiger partial charge in [-0.25, -0.2) is 4.79 Å². The Kier molecular flexibility index (Phi) is 7.05. The van der Waals surface area contributed by atoms with Gasteiger partial charge in [0.1, 0.15) is 6.33 Å². The second-order valence-corrected chi connectivity index (χ2v) is 7.99. The van der Waals surface area contributed by atoms with E-state index in [1.54, 1.807) is 17.8 Å². The Morgan fingerprint density at radius 1 is 1.31 bits per heavy atom. The Labute approximate surface area is 161 Å². The molecule has 2 aromatic rings. The molecule has 0 aliphatic rings. The molecular weight excluding hydrogens is 374 g/mol. The molecule has 0 aliphatic carbocycles. The molecular formula is C17H22ClN5O2S. The number of carbonyl (C=O) groups is 2. The van der Waals surface area contributed by atoms with E-state index in [4.69, 9.17) is 11.6 Å². The van der Waals surface area contributed by atoms with Gasteiger partial charge in [0.05, 0.1) is 10.9 Å². The summed E-state index contributed by atoms with van der Waals surface area (Å²) in [5.41, 5.74) is 1.77. The molecule has 9 heteroatoms. The van der Waals surface area contributed by atoms with E-state index in [0.717, 1.165) is 11.3 Å². The zero-order valence-electron chi connectivity index (χ0n) is 15.1. The third-order valence-corrected chi connectivity index (χ3v) is 4.97. The molecule has 2 N–H and O–H groups in total. The van der Waals surface area contributed by atoms with Crippen molar-refractivity contribution in [2.24, 2.45) is 5.92 Å². The Hall–Kier alpha value is -2.06. The van der Waals surface area contributed by atoms with Crippen molar-refractivity contribution in [2.75, 3.05) is 6.54 Å². The van der Waals surface area contributed by atoms with Crippen LogP contribution in [0.15, 0.2) is 29.7 Å². The number of nitrogens with zero attached hydrogens (tertiary/aromatic N) is 3. The molecule has 0 saturated carbocycles. The summed E-state index contributed by atoms with van der Waals surface area (Å²) in [7, 11) is 0. The zero-order chi connectivity index (χ0) is 19.3. The number of rotatable bonds is 6. The molecule has 1 heterocycles. The molecule has 0 aliphatic heterocycles. The first-order valence-corrected chi connectivity index (χ1v) is 9.45. The quantitative estimate of drug-likeness (QED) is 0.733. The normalized spacial score (nSPS) is 12.1. The highest BCUT2D eigenvalue weighted by Crippen LogP contribution is 2.26. The van der Waals surface area contributed by atoms with Crippen LogP contribution in [-0.4, -0.2) is 38.5 Å². The highest BCUT2D eigenvalue weighted by atomic mass is 35.5. The first-order valence-electron chi connectivity index (χ1n) is 8.19. The van der Waals surface area contributed by atoms with Crippen molar-refractivity contribution < 1.29 is 9.59 Å². The fraction of sp³-hybridized carbons (Fsp3) is 0.412. The second kappa shape index (κ2) is 9.05. The van der Waals surface area contributed by atoms with Crippen LogP contribution < -0.4 is 10.6 Å². The molecule has 1 unspecified atom stereocenters. The highest BCUT2D eigenvalue weighted by Gasteiger charge is 2.20. The summed E-state index contributed by atoms with van der Waals surface area (Å²) < 4.78 is 1.75. The Bertz CT molecular complexity index is 793. The van der Waals surface area contributed by atoms with E-state index in [9.17, 15) is 9.59 Å².